The number of nitrogens with one attached hydrogen (secondary N) is 2. The van der Waals surface area contributed by atoms with Crippen LogP contribution in [0.25, 0.3) is 0 Å². The second-order valence-corrected chi connectivity index (χ2v) is 13.8. The molecule has 40 heavy (non-hydrogen) atoms. The number of likely N-dealkylation sites (N-methyl/N-ethyl adjacent to an activating group) is 1. The Morgan fingerprint density at radius 3 is 2.38 bits per heavy atom. The van der Waals surface area contributed by atoms with Crippen molar-refractivity contribution in [2.75, 3.05) is 39.8 Å². The highest BCUT2D eigenvalue weighted by Crippen LogP contribution is 2.54. The molecule has 12 heteroatoms. The molecule has 5 rings (SSSR count). The molecule has 0 aromatic carbocycles. The van der Waals surface area contributed by atoms with Gasteiger partial charge < -0.3 is 25.2 Å². The molecule has 2 N–H and O–H groups in total. The van der Waals surface area contributed by atoms with Gasteiger partial charge in [0.1, 0.15) is 11.6 Å². The third-order valence-electron chi connectivity index (χ3n) is 9.54. The van der Waals surface area contributed by atoms with Crippen LogP contribution in [0.1, 0.15) is 69.1 Å². The van der Waals surface area contributed by atoms with E-state index < -0.39 is 23.5 Å². The lowest BCUT2D eigenvalue weighted by molar-refractivity contribution is -0.152. The highest BCUT2D eigenvalue weighted by molar-refractivity contribution is 7.11. The van der Waals surface area contributed by atoms with Gasteiger partial charge in [0.15, 0.2) is 0 Å². The standard InChI is InChI=1S/C28H42N6O5S/c1-17(39-12-18-8-6-5-7-9-18)21(23(36)29-4)31-22(35)20-11-33(26(38)24-32-30-16-40-24)13-28(20)14-34(15-28)25(37)19-10-27(19,2)3/h16-21H,5-15H2,1-4H3,(H,29,36)(H,31,35)/t17-,19-,20+,21+/m1/s1. The number of carbonyl (C=O) groups excluding carboxylic acids is 4. The van der Waals surface area contributed by atoms with E-state index >= 15 is 0 Å². The van der Waals surface area contributed by atoms with Crippen molar-refractivity contribution in [2.45, 2.75) is 71.4 Å². The topological polar surface area (TPSA) is 134 Å². The molecular weight excluding hydrogens is 532 g/mol. The summed E-state index contributed by atoms with van der Waals surface area (Å²) in [5.74, 6) is -0.845. The van der Waals surface area contributed by atoms with E-state index in [0.29, 0.717) is 32.2 Å². The number of ether oxygens (including phenoxy) is 1. The molecule has 4 fully saturated rings. The van der Waals surface area contributed by atoms with Crippen molar-refractivity contribution < 1.29 is 23.9 Å². The van der Waals surface area contributed by atoms with Crippen LogP contribution in [0.15, 0.2) is 5.51 Å². The number of hydrogen-bond donors (Lipinski definition) is 2. The zero-order valence-corrected chi connectivity index (χ0v) is 24.8. The average Bonchev–Trinajstić information content (AvgIpc) is 3.30. The maximum absolute atomic E-state index is 13.9. The van der Waals surface area contributed by atoms with Crippen LogP contribution in [0.3, 0.4) is 0 Å². The fraction of sp³-hybridized carbons (Fsp3) is 0.786. The third kappa shape index (κ3) is 5.74. The van der Waals surface area contributed by atoms with E-state index in [2.05, 4.69) is 34.7 Å². The lowest BCUT2D eigenvalue weighted by atomic mass is 9.70. The van der Waals surface area contributed by atoms with Crippen molar-refractivity contribution >= 4 is 35.0 Å². The highest BCUT2D eigenvalue weighted by atomic mass is 32.1. The summed E-state index contributed by atoms with van der Waals surface area (Å²) in [6.45, 7) is 7.93. The lowest BCUT2D eigenvalue weighted by Crippen LogP contribution is -2.65. The van der Waals surface area contributed by atoms with Crippen molar-refractivity contribution in [1.29, 1.82) is 0 Å². The Morgan fingerprint density at radius 2 is 1.77 bits per heavy atom. The lowest BCUT2D eigenvalue weighted by Gasteiger charge is -2.50. The summed E-state index contributed by atoms with van der Waals surface area (Å²) in [5, 5.41) is 13.6. The number of likely N-dealkylation sites (tertiary alicyclic amines) is 2. The number of rotatable bonds is 9. The molecule has 1 aromatic heterocycles. The first-order valence-electron chi connectivity index (χ1n) is 14.5. The van der Waals surface area contributed by atoms with Crippen LogP contribution in [0.2, 0.25) is 0 Å². The van der Waals surface area contributed by atoms with Gasteiger partial charge in [-0.25, -0.2) is 0 Å². The van der Waals surface area contributed by atoms with Crippen molar-refractivity contribution in [1.82, 2.24) is 30.6 Å². The van der Waals surface area contributed by atoms with Crippen molar-refractivity contribution in [3.05, 3.63) is 10.5 Å². The molecular formula is C28H42N6O5S. The van der Waals surface area contributed by atoms with E-state index in [1.54, 1.807) is 11.9 Å². The Balaban J connectivity index is 1.28. The van der Waals surface area contributed by atoms with Crippen molar-refractivity contribution in [2.24, 2.45) is 28.6 Å². The minimum atomic E-state index is -0.865. The van der Waals surface area contributed by atoms with E-state index in [4.69, 9.17) is 4.74 Å². The fourth-order valence-corrected chi connectivity index (χ4v) is 7.25. The molecule has 0 unspecified atom stereocenters. The maximum Gasteiger partial charge on any atom is 0.284 e. The molecule has 0 radical (unpaired) electrons. The Kier molecular flexibility index (Phi) is 8.20. The van der Waals surface area contributed by atoms with Crippen LogP contribution >= 0.6 is 11.3 Å². The maximum atomic E-state index is 13.9. The van der Waals surface area contributed by atoms with Gasteiger partial charge in [0.25, 0.3) is 5.91 Å². The third-order valence-corrected chi connectivity index (χ3v) is 10.2. The summed E-state index contributed by atoms with van der Waals surface area (Å²) in [6, 6.07) is -0.865. The Morgan fingerprint density at radius 1 is 1.10 bits per heavy atom. The van der Waals surface area contributed by atoms with Crippen LogP contribution < -0.4 is 10.6 Å². The monoisotopic (exact) mass is 574 g/mol. The van der Waals surface area contributed by atoms with Gasteiger partial charge in [-0.15, -0.1) is 10.2 Å². The van der Waals surface area contributed by atoms with Crippen LogP contribution in [0.4, 0.5) is 0 Å². The molecule has 1 aromatic rings. The number of amides is 4. The van der Waals surface area contributed by atoms with E-state index in [9.17, 15) is 19.2 Å². The van der Waals surface area contributed by atoms with Crippen LogP contribution in [0, 0.1) is 28.6 Å². The van der Waals surface area contributed by atoms with Crippen LogP contribution in [0.5, 0.6) is 0 Å². The van der Waals surface area contributed by atoms with Gasteiger partial charge in [0, 0.05) is 51.2 Å². The average molecular weight is 575 g/mol. The number of carbonyl (C=O) groups is 4. The molecule has 2 saturated heterocycles. The molecule has 3 heterocycles. The quantitative estimate of drug-likeness (QED) is 0.459. The van der Waals surface area contributed by atoms with Gasteiger partial charge in [-0.3, -0.25) is 19.2 Å². The second kappa shape index (κ2) is 11.3. The van der Waals surface area contributed by atoms with Crippen molar-refractivity contribution in [3.8, 4) is 0 Å². The SMILES string of the molecule is CNC(=O)[C@@H](NC(=O)[C@@H]1CN(C(=O)c2nncs2)CC12CN(C(=O)[C@H]1CC1(C)C)C2)[C@@H](C)OCC1CCCCC1. The number of hydrogen-bond acceptors (Lipinski definition) is 8. The van der Waals surface area contributed by atoms with E-state index in [1.807, 2.05) is 11.8 Å². The predicted molar refractivity (Wildman–Crippen MR) is 148 cm³/mol. The summed E-state index contributed by atoms with van der Waals surface area (Å²) >= 11 is 1.16. The molecule has 0 bridgehead atoms. The van der Waals surface area contributed by atoms with E-state index in [-0.39, 0.29) is 46.5 Å². The summed E-state index contributed by atoms with van der Waals surface area (Å²) in [6.07, 6.45) is 6.26. The molecule has 4 atom stereocenters. The first-order chi connectivity index (χ1) is 19.0. The van der Waals surface area contributed by atoms with Crippen LogP contribution in [-0.4, -0.2) is 95.6 Å². The predicted octanol–water partition coefficient (Wildman–Crippen LogP) is 1.70. The number of aromatic nitrogens is 2. The molecule has 2 saturated carbocycles. The normalized spacial score (nSPS) is 26.6. The Labute approximate surface area is 239 Å². The largest absolute Gasteiger partial charge is 0.376 e. The Bertz CT molecular complexity index is 1110. The van der Waals surface area contributed by atoms with Gasteiger partial charge in [-0.05, 0) is 37.5 Å². The summed E-state index contributed by atoms with van der Waals surface area (Å²) < 4.78 is 6.13. The minimum Gasteiger partial charge on any atom is -0.376 e. The highest BCUT2D eigenvalue weighted by Gasteiger charge is 2.62. The van der Waals surface area contributed by atoms with Gasteiger partial charge in [-0.2, -0.15) is 0 Å². The van der Waals surface area contributed by atoms with Gasteiger partial charge in [-0.1, -0.05) is 44.4 Å². The summed E-state index contributed by atoms with van der Waals surface area (Å²) in [5.41, 5.74) is 0.951. The van der Waals surface area contributed by atoms with Gasteiger partial charge in [0.05, 0.1) is 12.0 Å². The van der Waals surface area contributed by atoms with E-state index in [0.717, 1.165) is 30.6 Å². The molecule has 2 aliphatic heterocycles. The van der Waals surface area contributed by atoms with Crippen LogP contribution in [-0.2, 0) is 19.1 Å². The van der Waals surface area contributed by atoms with Gasteiger partial charge in [0.2, 0.25) is 22.7 Å². The summed E-state index contributed by atoms with van der Waals surface area (Å²) in [4.78, 5) is 56.5. The number of nitrogens with zero attached hydrogens (tertiary/aromatic N) is 4. The van der Waals surface area contributed by atoms with E-state index in [1.165, 1.54) is 24.8 Å². The first kappa shape index (κ1) is 28.9. The molecule has 11 nitrogen and oxygen atoms in total. The molecule has 220 valence electrons. The zero-order valence-electron chi connectivity index (χ0n) is 24.0. The minimum absolute atomic E-state index is 0.0115. The smallest absolute Gasteiger partial charge is 0.284 e. The zero-order chi connectivity index (χ0) is 28.7. The van der Waals surface area contributed by atoms with Gasteiger partial charge >= 0.3 is 0 Å². The Hall–Kier alpha value is -2.60. The summed E-state index contributed by atoms with van der Waals surface area (Å²) in [7, 11) is 1.55. The molecule has 1 spiro atoms. The first-order valence-corrected chi connectivity index (χ1v) is 15.4. The molecule has 4 aliphatic rings. The fourth-order valence-electron chi connectivity index (χ4n) is 6.73. The second-order valence-electron chi connectivity index (χ2n) is 12.9. The molecule has 2 aliphatic carbocycles. The molecule has 4 amide bonds. The van der Waals surface area contributed by atoms with Crippen molar-refractivity contribution in [3.63, 3.8) is 0 Å².